The molecular formula is C8H23N3. The number of unbranched alkanes of at least 4 members (excludes halogenated alkanes) is 3. The molecule has 0 saturated heterocycles. The summed E-state index contributed by atoms with van der Waals surface area (Å²) in [6.45, 7) is 4.30. The van der Waals surface area contributed by atoms with Gasteiger partial charge >= 0.3 is 0 Å². The second-order valence-electron chi connectivity index (χ2n) is 2.40. The molecule has 0 aliphatic heterocycles. The van der Waals surface area contributed by atoms with E-state index >= 15 is 0 Å². The van der Waals surface area contributed by atoms with Crippen molar-refractivity contribution in [3.63, 3.8) is 0 Å². The first-order chi connectivity index (χ1) is 5.33. The van der Waals surface area contributed by atoms with Crippen LogP contribution in [0.2, 0.25) is 0 Å². The van der Waals surface area contributed by atoms with E-state index in [1.165, 1.54) is 12.8 Å². The maximum Gasteiger partial charge on any atom is -0.00773 e. The SMILES string of the molecule is CCN.NCCCCCCN. The van der Waals surface area contributed by atoms with Crippen molar-refractivity contribution >= 4 is 0 Å². The molecule has 0 radical (unpaired) electrons. The molecule has 0 aliphatic rings. The summed E-state index contributed by atoms with van der Waals surface area (Å²) in [4.78, 5) is 0. The van der Waals surface area contributed by atoms with Gasteiger partial charge in [-0.15, -0.1) is 0 Å². The van der Waals surface area contributed by atoms with Gasteiger partial charge in [0.25, 0.3) is 0 Å². The standard InChI is InChI=1S/C6H16N2.C2H7N/c7-5-3-1-2-4-6-8;1-2-3/h1-8H2;2-3H2,1H3. The van der Waals surface area contributed by atoms with Gasteiger partial charge in [0.15, 0.2) is 0 Å². The van der Waals surface area contributed by atoms with Crippen molar-refractivity contribution in [1.82, 2.24) is 0 Å². The predicted molar refractivity (Wildman–Crippen MR) is 51.3 cm³/mol. The van der Waals surface area contributed by atoms with E-state index in [-0.39, 0.29) is 0 Å². The van der Waals surface area contributed by atoms with E-state index in [2.05, 4.69) is 0 Å². The zero-order valence-electron chi connectivity index (χ0n) is 7.68. The van der Waals surface area contributed by atoms with E-state index in [0.29, 0.717) is 0 Å². The Labute approximate surface area is 70.3 Å². The summed E-state index contributed by atoms with van der Waals surface area (Å²) in [6, 6.07) is 0. The lowest BCUT2D eigenvalue weighted by Gasteiger charge is -1.94. The fraction of sp³-hybridized carbons (Fsp3) is 1.00. The lowest BCUT2D eigenvalue weighted by atomic mass is 10.2. The maximum atomic E-state index is 5.28. The Morgan fingerprint density at radius 1 is 0.727 bits per heavy atom. The molecule has 6 N–H and O–H groups in total. The van der Waals surface area contributed by atoms with Crippen molar-refractivity contribution in [3.8, 4) is 0 Å². The van der Waals surface area contributed by atoms with Crippen LogP contribution in [0.15, 0.2) is 0 Å². The van der Waals surface area contributed by atoms with Crippen LogP contribution in [0, 0.1) is 0 Å². The monoisotopic (exact) mass is 161 g/mol. The third-order valence-corrected chi connectivity index (χ3v) is 1.16. The van der Waals surface area contributed by atoms with E-state index < -0.39 is 0 Å². The van der Waals surface area contributed by atoms with Gasteiger partial charge in [-0.05, 0) is 32.5 Å². The summed E-state index contributed by atoms with van der Waals surface area (Å²) in [6.07, 6.45) is 4.79. The molecule has 0 spiro atoms. The lowest BCUT2D eigenvalue weighted by Crippen LogP contribution is -2.00. The lowest BCUT2D eigenvalue weighted by molar-refractivity contribution is 0.653. The van der Waals surface area contributed by atoms with Crippen LogP contribution >= 0.6 is 0 Å². The fourth-order valence-electron chi connectivity index (χ4n) is 0.642. The van der Waals surface area contributed by atoms with Crippen LogP contribution in [-0.4, -0.2) is 19.6 Å². The van der Waals surface area contributed by atoms with E-state index in [0.717, 1.165) is 32.5 Å². The summed E-state index contributed by atoms with van der Waals surface area (Å²) >= 11 is 0. The average Bonchev–Trinajstić information content (AvgIpc) is 2.00. The third kappa shape index (κ3) is 25.8. The molecule has 0 rings (SSSR count). The van der Waals surface area contributed by atoms with Crippen molar-refractivity contribution in [2.45, 2.75) is 32.6 Å². The Kier molecular flexibility index (Phi) is 20.2. The van der Waals surface area contributed by atoms with Crippen LogP contribution in [0.4, 0.5) is 0 Å². The number of rotatable bonds is 5. The smallest absolute Gasteiger partial charge is 0.00773 e. The first kappa shape index (κ1) is 13.5. The van der Waals surface area contributed by atoms with Crippen LogP contribution in [0.5, 0.6) is 0 Å². The van der Waals surface area contributed by atoms with Crippen LogP contribution in [0.3, 0.4) is 0 Å². The first-order valence-corrected chi connectivity index (χ1v) is 4.43. The van der Waals surface area contributed by atoms with Crippen molar-refractivity contribution in [1.29, 1.82) is 0 Å². The number of hydrogen-bond acceptors (Lipinski definition) is 3. The minimum absolute atomic E-state index is 0.750. The van der Waals surface area contributed by atoms with Gasteiger partial charge in [0.05, 0.1) is 0 Å². The van der Waals surface area contributed by atoms with E-state index in [1.54, 1.807) is 0 Å². The van der Waals surface area contributed by atoms with Crippen molar-refractivity contribution < 1.29 is 0 Å². The molecule has 11 heavy (non-hydrogen) atoms. The highest BCUT2D eigenvalue weighted by atomic mass is 14.5. The van der Waals surface area contributed by atoms with E-state index in [9.17, 15) is 0 Å². The Bertz CT molecular complexity index is 42.6. The zero-order valence-corrected chi connectivity index (χ0v) is 7.68. The largest absolute Gasteiger partial charge is 0.331 e. The highest BCUT2D eigenvalue weighted by Gasteiger charge is 1.83. The van der Waals surface area contributed by atoms with Gasteiger partial charge < -0.3 is 17.2 Å². The predicted octanol–water partition coefficient (Wildman–Crippen LogP) is 0.429. The maximum absolute atomic E-state index is 5.28. The van der Waals surface area contributed by atoms with Crippen LogP contribution in [-0.2, 0) is 0 Å². The molecule has 0 heterocycles. The second-order valence-corrected chi connectivity index (χ2v) is 2.40. The minimum atomic E-state index is 0.750. The average molecular weight is 161 g/mol. The van der Waals surface area contributed by atoms with Gasteiger partial charge in [-0.1, -0.05) is 19.8 Å². The van der Waals surface area contributed by atoms with Gasteiger partial charge in [-0.2, -0.15) is 0 Å². The number of nitrogens with two attached hydrogens (primary N) is 3. The molecule has 0 aromatic carbocycles. The second kappa shape index (κ2) is 16.5. The molecule has 0 aromatic heterocycles. The highest BCUT2D eigenvalue weighted by molar-refractivity contribution is 4.43. The molecule has 3 nitrogen and oxygen atoms in total. The molecule has 0 saturated carbocycles. The molecule has 0 amide bonds. The fourth-order valence-corrected chi connectivity index (χ4v) is 0.642. The quantitative estimate of drug-likeness (QED) is 0.512. The summed E-state index contributed by atoms with van der Waals surface area (Å²) in [7, 11) is 0. The minimum Gasteiger partial charge on any atom is -0.331 e. The zero-order chi connectivity index (χ0) is 8.95. The first-order valence-electron chi connectivity index (χ1n) is 4.43. The third-order valence-electron chi connectivity index (χ3n) is 1.16. The van der Waals surface area contributed by atoms with Crippen molar-refractivity contribution in [2.75, 3.05) is 19.6 Å². The Hall–Kier alpha value is -0.120. The van der Waals surface area contributed by atoms with E-state index in [4.69, 9.17) is 17.2 Å². The van der Waals surface area contributed by atoms with Crippen molar-refractivity contribution in [2.24, 2.45) is 17.2 Å². The van der Waals surface area contributed by atoms with Crippen molar-refractivity contribution in [3.05, 3.63) is 0 Å². The van der Waals surface area contributed by atoms with E-state index in [1.807, 2.05) is 6.92 Å². The normalized spacial score (nSPS) is 8.73. The molecule has 0 aromatic rings. The van der Waals surface area contributed by atoms with Crippen LogP contribution < -0.4 is 17.2 Å². The van der Waals surface area contributed by atoms with Gasteiger partial charge in [-0.3, -0.25) is 0 Å². The molecule has 0 aliphatic carbocycles. The van der Waals surface area contributed by atoms with Crippen LogP contribution in [0.1, 0.15) is 32.6 Å². The highest BCUT2D eigenvalue weighted by Crippen LogP contribution is 1.95. The van der Waals surface area contributed by atoms with Crippen LogP contribution in [0.25, 0.3) is 0 Å². The van der Waals surface area contributed by atoms with Gasteiger partial charge in [0.2, 0.25) is 0 Å². The molecule has 0 unspecified atom stereocenters. The molecule has 0 atom stereocenters. The number of hydrogen-bond donors (Lipinski definition) is 3. The molecule has 0 fully saturated rings. The summed E-state index contributed by atoms with van der Waals surface area (Å²) < 4.78 is 0. The summed E-state index contributed by atoms with van der Waals surface area (Å²) in [5.41, 5.74) is 15.4. The Morgan fingerprint density at radius 3 is 1.18 bits per heavy atom. The van der Waals surface area contributed by atoms with Gasteiger partial charge in [-0.25, -0.2) is 0 Å². The molecule has 0 bridgehead atoms. The Morgan fingerprint density at radius 2 is 1.00 bits per heavy atom. The molecule has 3 heteroatoms. The summed E-state index contributed by atoms with van der Waals surface area (Å²) in [5.74, 6) is 0. The topological polar surface area (TPSA) is 78.1 Å². The van der Waals surface area contributed by atoms with Gasteiger partial charge in [0, 0.05) is 0 Å². The summed E-state index contributed by atoms with van der Waals surface area (Å²) in [5, 5.41) is 0. The van der Waals surface area contributed by atoms with Gasteiger partial charge in [0.1, 0.15) is 0 Å². The Balaban J connectivity index is 0. The molecule has 70 valence electrons. The molecular weight excluding hydrogens is 138 g/mol.